The molecule has 0 rings (SSSR count). The van der Waals surface area contributed by atoms with E-state index >= 15 is 0 Å². The maximum absolute atomic E-state index is 10.8. The normalized spacial score (nSPS) is 11.4. The fraction of sp³-hybridized carbons (Fsp3) is 0.500. The molecule has 0 aliphatic rings. The average Bonchev–Trinajstić information content (AvgIpc) is 1.96. The molecule has 0 radical (unpaired) electrons. The van der Waals surface area contributed by atoms with Crippen LogP contribution < -0.4 is 29.6 Å². The van der Waals surface area contributed by atoms with Crippen molar-refractivity contribution in [2.75, 3.05) is 0 Å². The molecule has 0 saturated carbocycles. The first-order valence-electron chi connectivity index (χ1n) is 3.92. The topological polar surface area (TPSA) is 179 Å². The van der Waals surface area contributed by atoms with Gasteiger partial charge in [0.15, 0.2) is 5.60 Å². The van der Waals surface area contributed by atoms with E-state index in [-0.39, 0.29) is 31.0 Å². The Bertz CT molecular complexity index is 375. The summed E-state index contributed by atoms with van der Waals surface area (Å²) in [5.74, 6) is -5.64. The Morgan fingerprint density at radius 1 is 1.06 bits per heavy atom. The summed E-state index contributed by atoms with van der Waals surface area (Å²) < 4.78 is 14.4. The minimum Gasteiger partial charge on any atom is -1.00 e. The first kappa shape index (κ1) is 19.9. The largest absolute Gasteiger partial charge is 1.00 e. The number of phosphoric acid groups is 1. The van der Waals surface area contributed by atoms with E-state index in [0.717, 1.165) is 0 Å². The molecule has 0 amide bonds. The van der Waals surface area contributed by atoms with Crippen LogP contribution in [0.2, 0.25) is 0 Å². The van der Waals surface area contributed by atoms with Gasteiger partial charge in [-0.1, -0.05) is 0 Å². The SMILES string of the molecule is O=C(O)CC(CC(=O)O)(OP(=O)(O)O)C(=O)O.[H-].[Na+]. The van der Waals surface area contributed by atoms with Gasteiger partial charge >= 0.3 is 55.3 Å². The predicted octanol–water partition coefficient (Wildman–Crippen LogP) is -4.01. The summed E-state index contributed by atoms with van der Waals surface area (Å²) in [5, 5.41) is 25.5. The van der Waals surface area contributed by atoms with Gasteiger partial charge in [-0.15, -0.1) is 0 Å². The van der Waals surface area contributed by atoms with Crippen LogP contribution in [0.4, 0.5) is 0 Å². The van der Waals surface area contributed by atoms with E-state index in [4.69, 9.17) is 25.1 Å². The summed E-state index contributed by atoms with van der Waals surface area (Å²) in [6.07, 6.45) is -2.81. The monoisotopic (exact) mass is 296 g/mol. The molecule has 5 N–H and O–H groups in total. The van der Waals surface area contributed by atoms with E-state index in [1.54, 1.807) is 0 Å². The number of hydrogen-bond donors (Lipinski definition) is 5. The number of rotatable bonds is 7. The van der Waals surface area contributed by atoms with Crippen molar-refractivity contribution in [2.45, 2.75) is 18.4 Å². The van der Waals surface area contributed by atoms with Gasteiger partial charge in [0.1, 0.15) is 0 Å². The number of phosphoric ester groups is 1. The summed E-state index contributed by atoms with van der Waals surface area (Å²) in [6, 6.07) is 0. The van der Waals surface area contributed by atoms with Crippen molar-refractivity contribution in [2.24, 2.45) is 0 Å². The number of carboxylic acid groups (broad SMARTS) is 3. The maximum atomic E-state index is 10.8. The molecule has 0 fully saturated rings. The molecule has 0 aromatic heterocycles. The van der Waals surface area contributed by atoms with Crippen LogP contribution >= 0.6 is 7.82 Å². The molecule has 0 aromatic rings. The molecule has 0 aromatic carbocycles. The van der Waals surface area contributed by atoms with Crippen LogP contribution in [0, 0.1) is 0 Å². The third kappa shape index (κ3) is 7.07. The molecule has 0 aliphatic heterocycles. The second kappa shape index (κ2) is 7.19. The van der Waals surface area contributed by atoms with Gasteiger partial charge in [-0.3, -0.25) is 14.1 Å². The quantitative estimate of drug-likeness (QED) is 0.229. The summed E-state index contributed by atoms with van der Waals surface area (Å²) in [6.45, 7) is 0. The molecule has 0 saturated heterocycles. The molecule has 0 aliphatic carbocycles. The van der Waals surface area contributed by atoms with Crippen molar-refractivity contribution >= 4 is 25.7 Å². The predicted molar refractivity (Wildman–Crippen MR) is 49.1 cm³/mol. The molecule has 10 nitrogen and oxygen atoms in total. The van der Waals surface area contributed by atoms with Crippen LogP contribution in [0.3, 0.4) is 0 Å². The van der Waals surface area contributed by atoms with E-state index < -0.39 is 44.2 Å². The standard InChI is InChI=1S/C6H9O10P.Na.H/c7-3(8)1-6(5(11)12,2-4(9)10)16-17(13,14)15;;/h1-2H2,(H,7,8)(H,9,10)(H,11,12)(H2,13,14,15);;/q;+1;-1. The summed E-state index contributed by atoms with van der Waals surface area (Å²) in [5.41, 5.74) is -3.02. The number of hydrogen-bond acceptors (Lipinski definition) is 5. The van der Waals surface area contributed by atoms with Crippen molar-refractivity contribution < 1.29 is 79.6 Å². The Morgan fingerprint density at radius 3 is 1.56 bits per heavy atom. The zero-order chi connectivity index (χ0) is 13.9. The van der Waals surface area contributed by atoms with E-state index in [1.807, 2.05) is 0 Å². The van der Waals surface area contributed by atoms with Gasteiger partial charge in [0.05, 0.1) is 12.8 Å². The Hall–Kier alpha value is -0.480. The van der Waals surface area contributed by atoms with E-state index in [0.29, 0.717) is 0 Å². The Morgan fingerprint density at radius 2 is 1.39 bits per heavy atom. The van der Waals surface area contributed by atoms with E-state index in [1.165, 1.54) is 0 Å². The van der Waals surface area contributed by atoms with Crippen LogP contribution in [-0.4, -0.2) is 48.6 Å². The Labute approximate surface area is 124 Å². The molecular weight excluding hydrogens is 286 g/mol. The fourth-order valence-corrected chi connectivity index (χ4v) is 1.70. The smallest absolute Gasteiger partial charge is 1.00 e. The minimum absolute atomic E-state index is 0. The number of carboxylic acids is 3. The molecule has 18 heavy (non-hydrogen) atoms. The average molecular weight is 296 g/mol. The van der Waals surface area contributed by atoms with Gasteiger partial charge < -0.3 is 26.5 Å². The summed E-state index contributed by atoms with van der Waals surface area (Å²) >= 11 is 0. The van der Waals surface area contributed by atoms with E-state index in [9.17, 15) is 18.9 Å². The molecule has 12 heteroatoms. The molecular formula is C6H10NaO10P. The van der Waals surface area contributed by atoms with Crippen molar-refractivity contribution in [1.82, 2.24) is 0 Å². The number of aliphatic carboxylic acids is 3. The van der Waals surface area contributed by atoms with Gasteiger partial charge in [-0.2, -0.15) is 0 Å². The third-order valence-corrected chi connectivity index (χ3v) is 2.14. The van der Waals surface area contributed by atoms with Gasteiger partial charge in [0.2, 0.25) is 0 Å². The van der Waals surface area contributed by atoms with Crippen LogP contribution in [0.25, 0.3) is 0 Å². The molecule has 0 unspecified atom stereocenters. The molecule has 100 valence electrons. The van der Waals surface area contributed by atoms with Crippen molar-refractivity contribution in [3.63, 3.8) is 0 Å². The van der Waals surface area contributed by atoms with E-state index in [2.05, 4.69) is 4.52 Å². The van der Waals surface area contributed by atoms with Gasteiger partial charge in [0.25, 0.3) is 0 Å². The van der Waals surface area contributed by atoms with Crippen molar-refractivity contribution in [1.29, 1.82) is 0 Å². The zero-order valence-electron chi connectivity index (χ0n) is 10.1. The second-order valence-electron chi connectivity index (χ2n) is 3.02. The maximum Gasteiger partial charge on any atom is 1.00 e. The summed E-state index contributed by atoms with van der Waals surface area (Å²) in [7, 11) is -5.36. The second-order valence-corrected chi connectivity index (χ2v) is 4.19. The molecule has 0 spiro atoms. The van der Waals surface area contributed by atoms with Crippen LogP contribution in [0.5, 0.6) is 0 Å². The molecule has 0 atom stereocenters. The van der Waals surface area contributed by atoms with Crippen molar-refractivity contribution in [3.05, 3.63) is 0 Å². The first-order valence-corrected chi connectivity index (χ1v) is 5.45. The van der Waals surface area contributed by atoms with Crippen molar-refractivity contribution in [3.8, 4) is 0 Å². The van der Waals surface area contributed by atoms with Gasteiger partial charge in [-0.05, 0) is 0 Å². The third-order valence-electron chi connectivity index (χ3n) is 1.56. The fourth-order valence-electron chi connectivity index (χ4n) is 1.03. The molecule has 0 heterocycles. The number of carbonyl (C=O) groups is 3. The van der Waals surface area contributed by atoms with Crippen LogP contribution in [-0.2, 0) is 23.5 Å². The van der Waals surface area contributed by atoms with Gasteiger partial charge in [0, 0.05) is 0 Å². The van der Waals surface area contributed by atoms with Crippen LogP contribution in [0.1, 0.15) is 14.3 Å². The van der Waals surface area contributed by atoms with Gasteiger partial charge in [-0.25, -0.2) is 9.36 Å². The summed E-state index contributed by atoms with van der Waals surface area (Å²) in [4.78, 5) is 48.5. The Kier molecular flexibility index (Phi) is 7.93. The Balaban J connectivity index is -0.00000128. The molecule has 0 bridgehead atoms. The first-order chi connectivity index (χ1) is 7.48. The zero-order valence-corrected chi connectivity index (χ0v) is 12.0. The minimum atomic E-state index is -5.36. The van der Waals surface area contributed by atoms with Crippen LogP contribution in [0.15, 0.2) is 0 Å².